The number of nitrogens with zero attached hydrogens (tertiary/aromatic N) is 2. The highest BCUT2D eigenvalue weighted by molar-refractivity contribution is 5.23. The first-order chi connectivity index (χ1) is 12.6. The third kappa shape index (κ3) is 4.69. The summed E-state index contributed by atoms with van der Waals surface area (Å²) in [6.45, 7) is 8.99. The highest BCUT2D eigenvalue weighted by Crippen LogP contribution is 2.59. The van der Waals surface area contributed by atoms with E-state index in [1.54, 1.807) is 0 Å². The molecule has 4 rings (SSSR count). The fraction of sp³-hybridized carbons (Fsp3) is 0.900. The molecule has 0 aromatic rings. The molecule has 1 aliphatic heterocycles. The molecule has 156 valence electrons. The Balaban J connectivity index is 1.34. The van der Waals surface area contributed by atoms with Crippen LogP contribution in [0, 0.1) is 17.3 Å². The lowest BCUT2D eigenvalue weighted by Gasteiger charge is -2.56. The van der Waals surface area contributed by atoms with E-state index < -0.39 is 18.3 Å². The summed E-state index contributed by atoms with van der Waals surface area (Å²) in [5.74, 6) is 1.41. The van der Waals surface area contributed by atoms with Crippen LogP contribution in [0.1, 0.15) is 33.6 Å². The zero-order valence-electron chi connectivity index (χ0n) is 16.6. The minimum absolute atomic E-state index is 0.271. The summed E-state index contributed by atoms with van der Waals surface area (Å²) in [7, 11) is 0. The fourth-order valence-corrected chi connectivity index (χ4v) is 4.84. The third-order valence-electron chi connectivity index (χ3n) is 7.06. The van der Waals surface area contributed by atoms with Crippen molar-refractivity contribution in [1.29, 1.82) is 0 Å². The number of fused-ring (bicyclic) bond motifs is 1. The molecular formula is C20H33F3N2O2. The van der Waals surface area contributed by atoms with Crippen LogP contribution in [-0.4, -0.2) is 79.2 Å². The van der Waals surface area contributed by atoms with E-state index in [0.29, 0.717) is 50.7 Å². The second-order valence-corrected chi connectivity index (χ2v) is 9.04. The maximum Gasteiger partial charge on any atom is 0.403 e. The van der Waals surface area contributed by atoms with Crippen molar-refractivity contribution in [3.05, 3.63) is 11.6 Å². The summed E-state index contributed by atoms with van der Waals surface area (Å²) < 4.78 is 44.2. The van der Waals surface area contributed by atoms with Gasteiger partial charge < -0.3 is 9.84 Å². The van der Waals surface area contributed by atoms with Gasteiger partial charge in [-0.2, -0.15) is 13.2 Å². The number of hydrogen-bond acceptors (Lipinski definition) is 4. The van der Waals surface area contributed by atoms with Gasteiger partial charge in [0.2, 0.25) is 0 Å². The third-order valence-corrected chi connectivity index (χ3v) is 7.06. The van der Waals surface area contributed by atoms with E-state index in [4.69, 9.17) is 4.74 Å². The molecule has 0 unspecified atom stereocenters. The largest absolute Gasteiger partial charge is 0.403 e. The number of piperazine rings is 1. The summed E-state index contributed by atoms with van der Waals surface area (Å²) in [4.78, 5) is 3.48. The van der Waals surface area contributed by atoms with Gasteiger partial charge in [0, 0.05) is 32.7 Å². The van der Waals surface area contributed by atoms with E-state index in [9.17, 15) is 18.3 Å². The number of rotatable bonds is 7. The Morgan fingerprint density at radius 2 is 1.93 bits per heavy atom. The van der Waals surface area contributed by atoms with Crippen molar-refractivity contribution in [2.45, 2.75) is 51.9 Å². The Morgan fingerprint density at radius 3 is 2.48 bits per heavy atom. The van der Waals surface area contributed by atoms with E-state index in [1.165, 1.54) is 23.8 Å². The molecule has 0 aromatic carbocycles. The van der Waals surface area contributed by atoms with Gasteiger partial charge in [0.05, 0.1) is 19.3 Å². The summed E-state index contributed by atoms with van der Waals surface area (Å²) in [6, 6.07) is -1.41. The first kappa shape index (κ1) is 21.1. The smallest absolute Gasteiger partial charge is 0.389 e. The average molecular weight is 390 g/mol. The fourth-order valence-electron chi connectivity index (χ4n) is 4.84. The molecule has 4 nitrogen and oxygen atoms in total. The summed E-state index contributed by atoms with van der Waals surface area (Å²) >= 11 is 0. The lowest BCUT2D eigenvalue weighted by atomic mass is 9.49. The molecule has 0 aromatic heterocycles. The minimum atomic E-state index is -4.18. The zero-order chi connectivity index (χ0) is 19.8. The van der Waals surface area contributed by atoms with E-state index in [1.807, 2.05) is 4.90 Å². The lowest BCUT2D eigenvalue weighted by molar-refractivity contribution is -0.182. The minimum Gasteiger partial charge on any atom is -0.389 e. The Hall–Kier alpha value is -0.630. The topological polar surface area (TPSA) is 35.9 Å². The molecule has 4 aliphatic rings. The van der Waals surface area contributed by atoms with Crippen LogP contribution in [0.25, 0.3) is 0 Å². The van der Waals surface area contributed by atoms with Crippen LogP contribution < -0.4 is 0 Å². The van der Waals surface area contributed by atoms with Gasteiger partial charge in [0.1, 0.15) is 6.04 Å². The predicted octanol–water partition coefficient (Wildman–Crippen LogP) is 2.92. The molecule has 3 aliphatic carbocycles. The van der Waals surface area contributed by atoms with Gasteiger partial charge >= 0.3 is 6.18 Å². The highest BCUT2D eigenvalue weighted by atomic mass is 19.4. The van der Waals surface area contributed by atoms with Crippen molar-refractivity contribution >= 4 is 0 Å². The Labute approximate surface area is 160 Å². The monoisotopic (exact) mass is 390 g/mol. The maximum atomic E-state index is 12.8. The lowest BCUT2D eigenvalue weighted by Crippen LogP contribution is -2.54. The number of alkyl halides is 3. The van der Waals surface area contributed by atoms with Gasteiger partial charge in [-0.05, 0) is 42.6 Å². The SMILES string of the molecule is C[C@@H](N1CCN(C[C@@H](O)COCC2=CC[C@H]3C[C@H]2C3(C)C)CC1)C(F)(F)F. The quantitative estimate of drug-likeness (QED) is 0.678. The summed E-state index contributed by atoms with van der Waals surface area (Å²) in [5.41, 5.74) is 1.74. The molecule has 2 bridgehead atoms. The van der Waals surface area contributed by atoms with Crippen LogP contribution in [0.15, 0.2) is 11.6 Å². The number of halogens is 3. The number of hydrogen-bond donors (Lipinski definition) is 1. The molecular weight excluding hydrogens is 357 g/mol. The average Bonchev–Trinajstić information content (AvgIpc) is 2.61. The van der Waals surface area contributed by atoms with Crippen molar-refractivity contribution in [1.82, 2.24) is 9.80 Å². The normalized spacial score (nSPS) is 31.1. The van der Waals surface area contributed by atoms with Gasteiger partial charge in [-0.3, -0.25) is 9.80 Å². The number of ether oxygens (including phenoxy) is 1. The van der Waals surface area contributed by atoms with Gasteiger partial charge in [-0.15, -0.1) is 0 Å². The molecule has 2 fully saturated rings. The van der Waals surface area contributed by atoms with Crippen molar-refractivity contribution < 1.29 is 23.0 Å². The molecule has 1 heterocycles. The molecule has 0 amide bonds. The molecule has 1 N–H and O–H groups in total. The van der Waals surface area contributed by atoms with Gasteiger partial charge in [0.25, 0.3) is 0 Å². The maximum absolute atomic E-state index is 12.8. The van der Waals surface area contributed by atoms with E-state index in [2.05, 4.69) is 19.9 Å². The molecule has 27 heavy (non-hydrogen) atoms. The van der Waals surface area contributed by atoms with Crippen LogP contribution in [-0.2, 0) is 4.74 Å². The number of aliphatic hydroxyl groups excluding tert-OH is 1. The Morgan fingerprint density at radius 1 is 1.26 bits per heavy atom. The van der Waals surface area contributed by atoms with E-state index in [-0.39, 0.29) is 6.61 Å². The standard InChI is InChI=1S/C20H33F3N2O2/c1-14(20(21,22)23)25-8-6-24(7-9-25)11-17(26)13-27-12-15-4-5-16-10-18(15)19(16,2)3/h4,14,16-18,26H,5-13H2,1-3H3/t14-,16+,17-,18-/m1/s1. The first-order valence-corrected chi connectivity index (χ1v) is 10.1. The Bertz CT molecular complexity index is 542. The van der Waals surface area contributed by atoms with Crippen LogP contribution in [0.3, 0.4) is 0 Å². The molecule has 0 spiro atoms. The predicted molar refractivity (Wildman–Crippen MR) is 98.4 cm³/mol. The van der Waals surface area contributed by atoms with E-state index >= 15 is 0 Å². The molecule has 1 saturated carbocycles. The van der Waals surface area contributed by atoms with Crippen molar-refractivity contribution in [2.75, 3.05) is 45.9 Å². The number of β-amino-alcohol motifs (C(OH)–C–C–N with tert-alkyl or cyclic N) is 1. The van der Waals surface area contributed by atoms with Crippen LogP contribution in [0.5, 0.6) is 0 Å². The molecule has 1 saturated heterocycles. The zero-order valence-corrected chi connectivity index (χ0v) is 16.6. The van der Waals surface area contributed by atoms with Gasteiger partial charge in [-0.1, -0.05) is 19.9 Å². The number of aliphatic hydroxyl groups is 1. The van der Waals surface area contributed by atoms with E-state index in [0.717, 1.165) is 12.3 Å². The second kappa shape index (κ2) is 8.01. The van der Waals surface area contributed by atoms with Crippen molar-refractivity contribution in [3.8, 4) is 0 Å². The Kier molecular flexibility index (Phi) is 6.26. The van der Waals surface area contributed by atoms with Crippen LogP contribution in [0.4, 0.5) is 13.2 Å². The molecule has 7 heteroatoms. The van der Waals surface area contributed by atoms with Gasteiger partial charge in [-0.25, -0.2) is 0 Å². The van der Waals surface area contributed by atoms with Crippen molar-refractivity contribution in [3.63, 3.8) is 0 Å². The first-order valence-electron chi connectivity index (χ1n) is 10.1. The van der Waals surface area contributed by atoms with Gasteiger partial charge in [0.15, 0.2) is 0 Å². The molecule has 0 radical (unpaired) electrons. The van der Waals surface area contributed by atoms with Crippen molar-refractivity contribution in [2.24, 2.45) is 17.3 Å². The van der Waals surface area contributed by atoms with Crippen LogP contribution in [0.2, 0.25) is 0 Å². The number of allylic oxidation sites excluding steroid dienone is 1. The summed E-state index contributed by atoms with van der Waals surface area (Å²) in [5, 5.41) is 10.2. The molecule has 4 atom stereocenters. The van der Waals surface area contributed by atoms with Crippen LogP contribution >= 0.6 is 0 Å². The second-order valence-electron chi connectivity index (χ2n) is 9.04. The highest BCUT2D eigenvalue weighted by Gasteiger charge is 2.51. The summed E-state index contributed by atoms with van der Waals surface area (Å²) in [6.07, 6.45) is -0.102.